The third-order valence-corrected chi connectivity index (χ3v) is 8.75. The summed E-state index contributed by atoms with van der Waals surface area (Å²) in [7, 11) is 0. The van der Waals surface area contributed by atoms with Gasteiger partial charge in [-0.3, -0.25) is 24.1 Å². The Morgan fingerprint density at radius 1 is 1.03 bits per heavy atom. The minimum Gasteiger partial charge on any atom is -0.459 e. The molecular formula is C25H35NO7. The minimum absolute atomic E-state index is 0.0125. The van der Waals surface area contributed by atoms with Crippen LogP contribution in [0.4, 0.5) is 0 Å². The summed E-state index contributed by atoms with van der Waals surface area (Å²) in [6.07, 6.45) is 6.97. The fourth-order valence-corrected chi connectivity index (χ4v) is 7.33. The summed E-state index contributed by atoms with van der Waals surface area (Å²) >= 11 is 0. The van der Waals surface area contributed by atoms with Gasteiger partial charge < -0.3 is 14.2 Å². The van der Waals surface area contributed by atoms with E-state index < -0.39 is 23.3 Å². The molecule has 33 heavy (non-hydrogen) atoms. The average molecular weight is 462 g/mol. The van der Waals surface area contributed by atoms with E-state index in [1.165, 1.54) is 4.90 Å². The number of carbonyl (C=O) groups is 4. The van der Waals surface area contributed by atoms with Gasteiger partial charge in [-0.15, -0.1) is 0 Å². The summed E-state index contributed by atoms with van der Waals surface area (Å²) in [6, 6.07) is 0. The fourth-order valence-electron chi connectivity index (χ4n) is 7.33. The second-order valence-electron chi connectivity index (χ2n) is 11.3. The molecule has 0 aromatic carbocycles. The Balaban J connectivity index is 1.23. The van der Waals surface area contributed by atoms with Crippen molar-refractivity contribution >= 4 is 23.8 Å². The number of esters is 2. The number of nitrogens with zero attached hydrogens (tertiary/aromatic N) is 1. The van der Waals surface area contributed by atoms with E-state index in [-0.39, 0.29) is 42.6 Å². The lowest BCUT2D eigenvalue weighted by Crippen LogP contribution is -2.60. The lowest BCUT2D eigenvalue weighted by atomic mass is 9.48. The highest BCUT2D eigenvalue weighted by Crippen LogP contribution is 2.63. The quantitative estimate of drug-likeness (QED) is 0.443. The first kappa shape index (κ1) is 22.8. The first-order valence-corrected chi connectivity index (χ1v) is 12.6. The Bertz CT molecular complexity index is 814. The van der Waals surface area contributed by atoms with E-state index in [0.717, 1.165) is 51.4 Å². The number of ether oxygens (including phenoxy) is 3. The second-order valence-corrected chi connectivity index (χ2v) is 11.3. The number of amides is 2. The number of hydrogen-bond acceptors (Lipinski definition) is 7. The van der Waals surface area contributed by atoms with E-state index in [4.69, 9.17) is 14.2 Å². The van der Waals surface area contributed by atoms with Gasteiger partial charge in [0.2, 0.25) is 18.1 Å². The standard InChI is InChI=1S/C25H35NO7/c1-15-16(2)22(29)26(21(15)28)7-6-19(27)33-25-12-17-9-18(13-25)11-24(10-17,14-25)23(30)32-20-5-3-4-8-31-20/h15-18,20H,3-14H2,1-2H3. The van der Waals surface area contributed by atoms with Crippen LogP contribution in [-0.2, 0) is 33.4 Å². The van der Waals surface area contributed by atoms with E-state index in [1.54, 1.807) is 13.8 Å². The van der Waals surface area contributed by atoms with Crippen LogP contribution < -0.4 is 0 Å². The summed E-state index contributed by atoms with van der Waals surface area (Å²) < 4.78 is 17.5. The Labute approximate surface area is 194 Å². The van der Waals surface area contributed by atoms with Crippen molar-refractivity contribution < 1.29 is 33.4 Å². The first-order chi connectivity index (χ1) is 15.7. The van der Waals surface area contributed by atoms with Crippen molar-refractivity contribution in [1.82, 2.24) is 4.90 Å². The summed E-state index contributed by atoms with van der Waals surface area (Å²) in [5, 5.41) is 0. The van der Waals surface area contributed by atoms with Crippen molar-refractivity contribution in [3.05, 3.63) is 0 Å². The van der Waals surface area contributed by atoms with Crippen molar-refractivity contribution in [3.8, 4) is 0 Å². The van der Waals surface area contributed by atoms with Crippen LogP contribution in [0.1, 0.15) is 78.1 Å². The van der Waals surface area contributed by atoms with Gasteiger partial charge in [-0.05, 0) is 56.8 Å². The Kier molecular flexibility index (Phi) is 5.78. The molecule has 4 bridgehead atoms. The largest absolute Gasteiger partial charge is 0.459 e. The molecule has 0 N–H and O–H groups in total. The van der Waals surface area contributed by atoms with Gasteiger partial charge in [-0.1, -0.05) is 13.8 Å². The molecule has 6 fully saturated rings. The molecule has 8 nitrogen and oxygen atoms in total. The van der Waals surface area contributed by atoms with Crippen LogP contribution in [-0.4, -0.2) is 53.7 Å². The van der Waals surface area contributed by atoms with Crippen LogP contribution >= 0.6 is 0 Å². The summed E-state index contributed by atoms with van der Waals surface area (Å²) in [5.74, 6) is -1.04. The average Bonchev–Trinajstić information content (AvgIpc) is 2.94. The van der Waals surface area contributed by atoms with E-state index in [2.05, 4.69) is 0 Å². The molecule has 6 rings (SSSR count). The molecule has 0 aromatic heterocycles. The molecule has 5 atom stereocenters. The smallest absolute Gasteiger partial charge is 0.314 e. The van der Waals surface area contributed by atoms with Crippen LogP contribution in [0, 0.1) is 29.1 Å². The number of imide groups is 1. The zero-order valence-electron chi connectivity index (χ0n) is 19.7. The van der Waals surface area contributed by atoms with Crippen molar-refractivity contribution in [2.75, 3.05) is 13.2 Å². The Hall–Kier alpha value is -1.96. The maximum Gasteiger partial charge on any atom is 0.314 e. The Morgan fingerprint density at radius 2 is 1.70 bits per heavy atom. The summed E-state index contributed by atoms with van der Waals surface area (Å²) in [4.78, 5) is 52.0. The van der Waals surface area contributed by atoms with Crippen molar-refractivity contribution in [1.29, 1.82) is 0 Å². The van der Waals surface area contributed by atoms with Crippen LogP contribution in [0.25, 0.3) is 0 Å². The summed E-state index contributed by atoms with van der Waals surface area (Å²) in [6.45, 7) is 4.17. The zero-order valence-corrected chi connectivity index (χ0v) is 19.7. The Morgan fingerprint density at radius 3 is 2.30 bits per heavy atom. The number of rotatable bonds is 6. The summed E-state index contributed by atoms with van der Waals surface area (Å²) in [5.41, 5.74) is -1.25. The van der Waals surface area contributed by atoms with Gasteiger partial charge in [0.05, 0.1) is 18.4 Å². The predicted octanol–water partition coefficient (Wildman–Crippen LogP) is 2.97. The van der Waals surface area contributed by atoms with Gasteiger partial charge in [0, 0.05) is 31.2 Å². The van der Waals surface area contributed by atoms with Crippen molar-refractivity contribution in [3.63, 3.8) is 0 Å². The van der Waals surface area contributed by atoms with E-state index in [1.807, 2.05) is 0 Å². The third-order valence-electron chi connectivity index (χ3n) is 8.75. The maximum absolute atomic E-state index is 13.3. The van der Waals surface area contributed by atoms with Crippen molar-refractivity contribution in [2.24, 2.45) is 29.1 Å². The molecule has 0 spiro atoms. The molecule has 2 saturated heterocycles. The SMILES string of the molecule is CC1C(=O)N(CCC(=O)OC23CC4CC(C2)CC(C(=O)OC2CCCCO2)(C4)C3)C(=O)C1C. The maximum atomic E-state index is 13.3. The normalized spacial score (nSPS) is 42.0. The van der Waals surface area contributed by atoms with Gasteiger partial charge in [0.25, 0.3) is 0 Å². The zero-order chi connectivity index (χ0) is 23.4. The number of likely N-dealkylation sites (tertiary alicyclic amines) is 1. The van der Waals surface area contributed by atoms with Gasteiger partial charge in [-0.2, -0.15) is 0 Å². The third kappa shape index (κ3) is 4.08. The highest BCUT2D eigenvalue weighted by Gasteiger charge is 2.63. The second kappa shape index (κ2) is 8.36. The molecule has 8 heteroatoms. The molecule has 0 radical (unpaired) electrons. The molecular weight excluding hydrogens is 426 g/mol. The molecule has 5 unspecified atom stereocenters. The van der Waals surface area contributed by atoms with Gasteiger partial charge >= 0.3 is 11.9 Å². The van der Waals surface area contributed by atoms with Gasteiger partial charge in [0.1, 0.15) is 5.60 Å². The van der Waals surface area contributed by atoms with Crippen LogP contribution in [0.15, 0.2) is 0 Å². The first-order valence-electron chi connectivity index (χ1n) is 12.6. The van der Waals surface area contributed by atoms with E-state index in [0.29, 0.717) is 24.9 Å². The lowest BCUT2D eigenvalue weighted by molar-refractivity contribution is -0.229. The highest BCUT2D eigenvalue weighted by atomic mass is 16.7. The molecule has 4 saturated carbocycles. The molecule has 6 aliphatic rings. The molecule has 182 valence electrons. The minimum atomic E-state index is -0.646. The van der Waals surface area contributed by atoms with Gasteiger partial charge in [-0.25, -0.2) is 0 Å². The van der Waals surface area contributed by atoms with Crippen LogP contribution in [0.3, 0.4) is 0 Å². The molecule has 2 heterocycles. The van der Waals surface area contributed by atoms with Gasteiger partial charge in [0.15, 0.2) is 0 Å². The van der Waals surface area contributed by atoms with E-state index >= 15 is 0 Å². The topological polar surface area (TPSA) is 99.2 Å². The molecule has 2 amide bonds. The molecule has 4 aliphatic carbocycles. The van der Waals surface area contributed by atoms with E-state index in [9.17, 15) is 19.2 Å². The molecule has 2 aliphatic heterocycles. The highest BCUT2D eigenvalue weighted by molar-refractivity contribution is 6.04. The number of hydrogen-bond donors (Lipinski definition) is 0. The fraction of sp³-hybridized carbons (Fsp3) is 0.840. The van der Waals surface area contributed by atoms with Crippen LogP contribution in [0.5, 0.6) is 0 Å². The van der Waals surface area contributed by atoms with Crippen molar-refractivity contribution in [2.45, 2.75) is 89.9 Å². The predicted molar refractivity (Wildman–Crippen MR) is 115 cm³/mol. The molecule has 0 aromatic rings. The monoisotopic (exact) mass is 461 g/mol. The van der Waals surface area contributed by atoms with Crippen LogP contribution in [0.2, 0.25) is 0 Å². The number of carbonyl (C=O) groups excluding carboxylic acids is 4. The lowest BCUT2D eigenvalue weighted by Gasteiger charge is -2.59.